The zero-order valence-electron chi connectivity index (χ0n) is 10.7. The monoisotopic (exact) mass is 272 g/mol. The number of nitrogens with one attached hydrogen (secondary N) is 1. The van der Waals surface area contributed by atoms with Gasteiger partial charge in [0, 0.05) is 19.7 Å². The van der Waals surface area contributed by atoms with Gasteiger partial charge in [0.1, 0.15) is 5.76 Å². The number of rotatable bonds is 8. The van der Waals surface area contributed by atoms with E-state index in [9.17, 15) is 9.59 Å². The molecule has 0 saturated carbocycles. The number of methoxy groups -OCH3 is 1. The average Bonchev–Trinajstić information content (AvgIpc) is 2.77. The van der Waals surface area contributed by atoms with Crippen LogP contribution in [0.3, 0.4) is 0 Å². The Morgan fingerprint density at radius 2 is 2.32 bits per heavy atom. The highest BCUT2D eigenvalue weighted by molar-refractivity contribution is 5.77. The van der Waals surface area contributed by atoms with Gasteiger partial charge >= 0.3 is 5.97 Å². The molecular formula is C11H16N2O6. The van der Waals surface area contributed by atoms with E-state index in [1.54, 1.807) is 13.0 Å². The van der Waals surface area contributed by atoms with Gasteiger partial charge in [0.2, 0.25) is 0 Å². The lowest BCUT2D eigenvalue weighted by Crippen LogP contribution is -2.37. The Kier molecular flexibility index (Phi) is 5.80. The van der Waals surface area contributed by atoms with Crippen molar-refractivity contribution in [1.29, 1.82) is 0 Å². The molecule has 8 heteroatoms. The second kappa shape index (κ2) is 7.37. The second-order valence-electron chi connectivity index (χ2n) is 3.82. The molecule has 0 aromatic carbocycles. The van der Waals surface area contributed by atoms with Crippen molar-refractivity contribution in [2.24, 2.45) is 0 Å². The predicted molar refractivity (Wildman–Crippen MR) is 62.8 cm³/mol. The van der Waals surface area contributed by atoms with Gasteiger partial charge in [-0.05, 0) is 12.1 Å². The Balaban J connectivity index is 2.25. The quantitative estimate of drug-likeness (QED) is 0.683. The van der Waals surface area contributed by atoms with Crippen molar-refractivity contribution in [2.75, 3.05) is 20.3 Å². The standard InChI is InChI=1S/C11H16N2O6/c1-7-3-10(13-19-7)18-6-9(14)12-5-8(17-2)4-11(15)16/h3,8H,4-6H2,1-2H3,(H,12,14)(H,15,16). The normalized spacial score (nSPS) is 11.9. The fourth-order valence-electron chi connectivity index (χ4n) is 1.26. The zero-order chi connectivity index (χ0) is 14.3. The van der Waals surface area contributed by atoms with E-state index in [-0.39, 0.29) is 25.5 Å². The molecule has 0 saturated heterocycles. The van der Waals surface area contributed by atoms with E-state index in [1.807, 2.05) is 0 Å². The van der Waals surface area contributed by atoms with E-state index in [4.69, 9.17) is 19.1 Å². The Bertz CT molecular complexity index is 431. The van der Waals surface area contributed by atoms with Gasteiger partial charge in [-0.3, -0.25) is 9.59 Å². The van der Waals surface area contributed by atoms with Gasteiger partial charge < -0.3 is 24.4 Å². The van der Waals surface area contributed by atoms with Crippen LogP contribution in [-0.2, 0) is 14.3 Å². The third-order valence-electron chi connectivity index (χ3n) is 2.22. The minimum Gasteiger partial charge on any atom is -0.481 e. The van der Waals surface area contributed by atoms with E-state index >= 15 is 0 Å². The van der Waals surface area contributed by atoms with Crippen molar-refractivity contribution in [3.05, 3.63) is 11.8 Å². The summed E-state index contributed by atoms with van der Waals surface area (Å²) in [6.45, 7) is 1.58. The maximum absolute atomic E-state index is 11.4. The van der Waals surface area contributed by atoms with Gasteiger partial charge in [0.25, 0.3) is 11.8 Å². The summed E-state index contributed by atoms with van der Waals surface area (Å²) in [6.07, 6.45) is -0.754. The summed E-state index contributed by atoms with van der Waals surface area (Å²) in [5, 5.41) is 14.7. The van der Waals surface area contributed by atoms with Crippen LogP contribution >= 0.6 is 0 Å². The van der Waals surface area contributed by atoms with Gasteiger partial charge in [-0.15, -0.1) is 0 Å². The summed E-state index contributed by atoms with van der Waals surface area (Å²) >= 11 is 0. The molecule has 1 amide bonds. The first kappa shape index (κ1) is 15.0. The van der Waals surface area contributed by atoms with Gasteiger partial charge in [0.15, 0.2) is 6.61 Å². The Hall–Kier alpha value is -2.09. The third kappa shape index (κ3) is 5.87. The molecule has 0 aliphatic rings. The first-order valence-electron chi connectivity index (χ1n) is 5.58. The van der Waals surface area contributed by atoms with Crippen LogP contribution in [0.5, 0.6) is 5.88 Å². The van der Waals surface area contributed by atoms with Crippen LogP contribution < -0.4 is 10.1 Å². The highest BCUT2D eigenvalue weighted by Gasteiger charge is 2.14. The van der Waals surface area contributed by atoms with Crippen molar-refractivity contribution in [2.45, 2.75) is 19.4 Å². The highest BCUT2D eigenvalue weighted by atomic mass is 16.5. The maximum atomic E-state index is 11.4. The highest BCUT2D eigenvalue weighted by Crippen LogP contribution is 2.09. The first-order valence-corrected chi connectivity index (χ1v) is 5.58. The van der Waals surface area contributed by atoms with Crippen LogP contribution in [0.2, 0.25) is 0 Å². The van der Waals surface area contributed by atoms with Crippen molar-refractivity contribution >= 4 is 11.9 Å². The lowest BCUT2D eigenvalue weighted by Gasteiger charge is -2.13. The van der Waals surface area contributed by atoms with Crippen molar-refractivity contribution in [3.8, 4) is 5.88 Å². The summed E-state index contributed by atoms with van der Waals surface area (Å²) in [5.41, 5.74) is 0. The second-order valence-corrected chi connectivity index (χ2v) is 3.82. The Morgan fingerprint density at radius 1 is 1.58 bits per heavy atom. The first-order chi connectivity index (χ1) is 9.01. The molecule has 0 fully saturated rings. The van der Waals surface area contributed by atoms with Gasteiger partial charge in [-0.25, -0.2) is 0 Å². The SMILES string of the molecule is COC(CNC(=O)COc1cc(C)on1)CC(=O)O. The van der Waals surface area contributed by atoms with E-state index < -0.39 is 18.0 Å². The molecule has 1 aromatic rings. The maximum Gasteiger partial charge on any atom is 0.306 e. The number of carboxylic acid groups (broad SMARTS) is 1. The molecule has 19 heavy (non-hydrogen) atoms. The predicted octanol–water partition coefficient (Wildman–Crippen LogP) is -0.0323. The fraction of sp³-hybridized carbons (Fsp3) is 0.545. The average molecular weight is 272 g/mol. The summed E-state index contributed by atoms with van der Waals surface area (Å²) < 4.78 is 14.7. The molecule has 0 radical (unpaired) electrons. The van der Waals surface area contributed by atoms with Crippen LogP contribution in [0.4, 0.5) is 0 Å². The number of carbonyl (C=O) groups is 2. The van der Waals surface area contributed by atoms with Crippen LogP contribution in [0.25, 0.3) is 0 Å². The van der Waals surface area contributed by atoms with Gasteiger partial charge in [-0.1, -0.05) is 0 Å². The zero-order valence-corrected chi connectivity index (χ0v) is 10.7. The number of amides is 1. The number of nitrogens with zero attached hydrogens (tertiary/aromatic N) is 1. The van der Waals surface area contributed by atoms with E-state index in [2.05, 4.69) is 10.5 Å². The largest absolute Gasteiger partial charge is 0.481 e. The molecular weight excluding hydrogens is 256 g/mol. The molecule has 0 spiro atoms. The number of aromatic nitrogens is 1. The molecule has 2 N–H and O–H groups in total. The number of hydrogen-bond acceptors (Lipinski definition) is 6. The van der Waals surface area contributed by atoms with Crippen molar-refractivity contribution < 1.29 is 28.7 Å². The van der Waals surface area contributed by atoms with Gasteiger partial charge in [-0.2, -0.15) is 0 Å². The summed E-state index contributed by atoms with van der Waals surface area (Å²) in [4.78, 5) is 21.9. The molecule has 1 atom stereocenters. The van der Waals surface area contributed by atoms with E-state index in [0.29, 0.717) is 5.76 Å². The fourth-order valence-corrected chi connectivity index (χ4v) is 1.26. The summed E-state index contributed by atoms with van der Waals surface area (Å²) in [6, 6.07) is 1.55. The Morgan fingerprint density at radius 3 is 2.84 bits per heavy atom. The molecule has 8 nitrogen and oxygen atoms in total. The lowest BCUT2D eigenvalue weighted by molar-refractivity contribution is -0.140. The minimum absolute atomic E-state index is 0.100. The smallest absolute Gasteiger partial charge is 0.306 e. The molecule has 1 heterocycles. The molecule has 1 rings (SSSR count). The summed E-state index contributed by atoms with van der Waals surface area (Å²) in [5.74, 6) is -0.582. The molecule has 1 aromatic heterocycles. The van der Waals surface area contributed by atoms with Crippen molar-refractivity contribution in [3.63, 3.8) is 0 Å². The number of carboxylic acids is 1. The van der Waals surface area contributed by atoms with Gasteiger partial charge in [0.05, 0.1) is 12.5 Å². The molecule has 106 valence electrons. The number of ether oxygens (including phenoxy) is 2. The number of aryl methyl sites for hydroxylation is 1. The van der Waals surface area contributed by atoms with E-state index in [0.717, 1.165) is 0 Å². The third-order valence-corrected chi connectivity index (χ3v) is 2.22. The molecule has 0 aliphatic heterocycles. The van der Waals surface area contributed by atoms with Crippen LogP contribution in [0.1, 0.15) is 12.2 Å². The molecule has 1 unspecified atom stereocenters. The van der Waals surface area contributed by atoms with Crippen LogP contribution in [0, 0.1) is 6.92 Å². The Labute approximate surface area is 109 Å². The van der Waals surface area contributed by atoms with Crippen molar-refractivity contribution in [1.82, 2.24) is 10.5 Å². The van der Waals surface area contributed by atoms with Crippen LogP contribution in [0.15, 0.2) is 10.6 Å². The molecule has 0 aliphatic carbocycles. The summed E-state index contributed by atoms with van der Waals surface area (Å²) in [7, 11) is 1.38. The number of hydrogen-bond donors (Lipinski definition) is 2. The topological polar surface area (TPSA) is 111 Å². The molecule has 0 bridgehead atoms. The van der Waals surface area contributed by atoms with Crippen LogP contribution in [-0.4, -0.2) is 48.5 Å². The van der Waals surface area contributed by atoms with E-state index in [1.165, 1.54) is 7.11 Å². The minimum atomic E-state index is -0.990. The number of aliphatic carboxylic acids is 1. The lowest BCUT2D eigenvalue weighted by atomic mass is 10.2. The number of carbonyl (C=O) groups excluding carboxylic acids is 1.